The molecule has 1 saturated carbocycles. The third-order valence-corrected chi connectivity index (χ3v) is 2.38. The van der Waals surface area contributed by atoms with Gasteiger partial charge in [0.25, 0.3) is 0 Å². The maximum Gasteiger partial charge on any atom is 0.158 e. The standard InChI is InChI=1S/C9H10N4/c10-7-5-13-4-3-11-9(13)8(12-7)6-1-2-6/h3-6H,1-2,10H2. The summed E-state index contributed by atoms with van der Waals surface area (Å²) >= 11 is 0. The van der Waals surface area contributed by atoms with Crippen LogP contribution in [0.5, 0.6) is 0 Å². The van der Waals surface area contributed by atoms with Crippen molar-refractivity contribution in [3.8, 4) is 0 Å². The number of imidazole rings is 1. The molecule has 2 heterocycles. The van der Waals surface area contributed by atoms with Gasteiger partial charge in [-0.25, -0.2) is 9.97 Å². The number of rotatable bonds is 1. The zero-order chi connectivity index (χ0) is 8.84. The van der Waals surface area contributed by atoms with E-state index in [0.29, 0.717) is 11.7 Å². The number of hydrogen-bond acceptors (Lipinski definition) is 3. The fraction of sp³-hybridized carbons (Fsp3) is 0.333. The van der Waals surface area contributed by atoms with E-state index in [1.165, 1.54) is 12.8 Å². The van der Waals surface area contributed by atoms with Crippen LogP contribution in [0.4, 0.5) is 5.82 Å². The van der Waals surface area contributed by atoms with E-state index in [4.69, 9.17) is 5.73 Å². The minimum Gasteiger partial charge on any atom is -0.382 e. The summed E-state index contributed by atoms with van der Waals surface area (Å²) in [5.41, 5.74) is 7.71. The molecule has 0 bridgehead atoms. The van der Waals surface area contributed by atoms with Gasteiger partial charge >= 0.3 is 0 Å². The lowest BCUT2D eigenvalue weighted by Gasteiger charge is -2.02. The van der Waals surface area contributed by atoms with Crippen LogP contribution in [-0.2, 0) is 0 Å². The van der Waals surface area contributed by atoms with Gasteiger partial charge in [-0.1, -0.05) is 0 Å². The molecular formula is C9H10N4. The summed E-state index contributed by atoms with van der Waals surface area (Å²) in [6.45, 7) is 0. The summed E-state index contributed by atoms with van der Waals surface area (Å²) in [7, 11) is 0. The Morgan fingerprint density at radius 2 is 2.31 bits per heavy atom. The van der Waals surface area contributed by atoms with Crippen molar-refractivity contribution < 1.29 is 0 Å². The molecular weight excluding hydrogens is 164 g/mol. The van der Waals surface area contributed by atoms with E-state index < -0.39 is 0 Å². The van der Waals surface area contributed by atoms with Crippen LogP contribution in [0.15, 0.2) is 18.6 Å². The number of nitrogens with zero attached hydrogens (tertiary/aromatic N) is 3. The fourth-order valence-corrected chi connectivity index (χ4v) is 1.61. The molecule has 13 heavy (non-hydrogen) atoms. The van der Waals surface area contributed by atoms with Gasteiger partial charge in [-0.2, -0.15) is 0 Å². The van der Waals surface area contributed by atoms with Gasteiger partial charge in [-0.3, -0.25) is 0 Å². The highest BCUT2D eigenvalue weighted by molar-refractivity contribution is 5.50. The van der Waals surface area contributed by atoms with E-state index >= 15 is 0 Å². The maximum atomic E-state index is 5.69. The third-order valence-electron chi connectivity index (χ3n) is 2.38. The zero-order valence-electron chi connectivity index (χ0n) is 7.14. The van der Waals surface area contributed by atoms with Gasteiger partial charge < -0.3 is 10.1 Å². The second kappa shape index (κ2) is 2.22. The lowest BCUT2D eigenvalue weighted by Crippen LogP contribution is -2.00. The Morgan fingerprint density at radius 1 is 1.46 bits per heavy atom. The van der Waals surface area contributed by atoms with E-state index in [9.17, 15) is 0 Å². The van der Waals surface area contributed by atoms with Gasteiger partial charge in [0, 0.05) is 18.3 Å². The van der Waals surface area contributed by atoms with Crippen LogP contribution in [0, 0.1) is 0 Å². The number of nitrogen functional groups attached to an aromatic ring is 1. The third kappa shape index (κ3) is 0.983. The number of hydrogen-bond donors (Lipinski definition) is 1. The highest BCUT2D eigenvalue weighted by Crippen LogP contribution is 2.40. The van der Waals surface area contributed by atoms with Crippen molar-refractivity contribution in [1.29, 1.82) is 0 Å². The number of fused-ring (bicyclic) bond motifs is 1. The minimum atomic E-state index is 0.576. The van der Waals surface area contributed by atoms with E-state index in [-0.39, 0.29) is 0 Å². The molecule has 66 valence electrons. The number of anilines is 1. The van der Waals surface area contributed by atoms with Crippen molar-refractivity contribution >= 4 is 11.5 Å². The summed E-state index contributed by atoms with van der Waals surface area (Å²) in [6.07, 6.45) is 7.92. The lowest BCUT2D eigenvalue weighted by atomic mass is 10.3. The van der Waals surface area contributed by atoms with E-state index in [1.807, 2.05) is 10.6 Å². The molecule has 1 aliphatic rings. The van der Waals surface area contributed by atoms with Crippen molar-refractivity contribution in [2.75, 3.05) is 5.73 Å². The highest BCUT2D eigenvalue weighted by Gasteiger charge is 2.28. The zero-order valence-corrected chi connectivity index (χ0v) is 7.14. The van der Waals surface area contributed by atoms with Crippen LogP contribution in [-0.4, -0.2) is 14.4 Å². The number of nitrogens with two attached hydrogens (primary N) is 1. The van der Waals surface area contributed by atoms with Crippen LogP contribution < -0.4 is 5.73 Å². The Kier molecular flexibility index (Phi) is 1.17. The van der Waals surface area contributed by atoms with Gasteiger partial charge in [-0.15, -0.1) is 0 Å². The summed E-state index contributed by atoms with van der Waals surface area (Å²) in [5, 5.41) is 0. The van der Waals surface area contributed by atoms with Crippen molar-refractivity contribution in [2.45, 2.75) is 18.8 Å². The second-order valence-corrected chi connectivity index (χ2v) is 3.48. The predicted molar refractivity (Wildman–Crippen MR) is 49.4 cm³/mol. The molecule has 2 aromatic heterocycles. The largest absolute Gasteiger partial charge is 0.382 e. The van der Waals surface area contributed by atoms with Crippen molar-refractivity contribution in [1.82, 2.24) is 14.4 Å². The average Bonchev–Trinajstić information content (AvgIpc) is 2.84. The average molecular weight is 174 g/mol. The molecule has 2 aromatic rings. The van der Waals surface area contributed by atoms with Gasteiger partial charge in [-0.05, 0) is 12.8 Å². The molecule has 0 amide bonds. The minimum absolute atomic E-state index is 0.576. The van der Waals surface area contributed by atoms with Gasteiger partial charge in [0.05, 0.1) is 11.9 Å². The van der Waals surface area contributed by atoms with Crippen LogP contribution in [0.3, 0.4) is 0 Å². The second-order valence-electron chi connectivity index (χ2n) is 3.48. The molecule has 1 aliphatic carbocycles. The Balaban J connectivity index is 2.33. The maximum absolute atomic E-state index is 5.69. The Bertz CT molecular complexity index is 456. The van der Waals surface area contributed by atoms with Gasteiger partial charge in [0.1, 0.15) is 5.82 Å². The SMILES string of the molecule is Nc1cn2ccnc2c(C2CC2)n1. The Morgan fingerprint density at radius 3 is 3.08 bits per heavy atom. The summed E-state index contributed by atoms with van der Waals surface area (Å²) < 4.78 is 1.94. The molecule has 4 nitrogen and oxygen atoms in total. The Labute approximate surface area is 75.4 Å². The topological polar surface area (TPSA) is 56.2 Å². The quantitative estimate of drug-likeness (QED) is 0.706. The molecule has 0 saturated heterocycles. The molecule has 0 aliphatic heterocycles. The molecule has 2 N–H and O–H groups in total. The molecule has 1 fully saturated rings. The van der Waals surface area contributed by atoms with Crippen LogP contribution in [0.2, 0.25) is 0 Å². The highest BCUT2D eigenvalue weighted by atomic mass is 15.0. The lowest BCUT2D eigenvalue weighted by molar-refractivity contribution is 0.991. The van der Waals surface area contributed by atoms with Crippen molar-refractivity contribution in [2.24, 2.45) is 0 Å². The van der Waals surface area contributed by atoms with E-state index in [2.05, 4.69) is 9.97 Å². The van der Waals surface area contributed by atoms with Gasteiger partial charge in [0.15, 0.2) is 5.65 Å². The number of aromatic nitrogens is 3. The smallest absolute Gasteiger partial charge is 0.158 e. The van der Waals surface area contributed by atoms with Crippen molar-refractivity contribution in [3.05, 3.63) is 24.3 Å². The molecule has 0 aromatic carbocycles. The molecule has 0 unspecified atom stereocenters. The fourth-order valence-electron chi connectivity index (χ4n) is 1.61. The molecule has 0 atom stereocenters. The predicted octanol–water partition coefficient (Wildman–Crippen LogP) is 1.19. The molecule has 4 heteroatoms. The Hall–Kier alpha value is -1.58. The summed E-state index contributed by atoms with van der Waals surface area (Å²) in [6, 6.07) is 0. The van der Waals surface area contributed by atoms with Crippen LogP contribution in [0.25, 0.3) is 5.65 Å². The van der Waals surface area contributed by atoms with E-state index in [0.717, 1.165) is 11.3 Å². The van der Waals surface area contributed by atoms with Crippen LogP contribution >= 0.6 is 0 Å². The first-order valence-corrected chi connectivity index (χ1v) is 4.43. The molecule has 3 rings (SSSR count). The van der Waals surface area contributed by atoms with Crippen LogP contribution in [0.1, 0.15) is 24.5 Å². The summed E-state index contributed by atoms with van der Waals surface area (Å²) in [4.78, 5) is 8.60. The van der Waals surface area contributed by atoms with Crippen molar-refractivity contribution in [3.63, 3.8) is 0 Å². The molecule has 0 spiro atoms. The monoisotopic (exact) mass is 174 g/mol. The first kappa shape index (κ1) is 6.88. The first-order chi connectivity index (χ1) is 6.34. The summed E-state index contributed by atoms with van der Waals surface area (Å²) in [5.74, 6) is 1.17. The normalized spacial score (nSPS) is 16.6. The van der Waals surface area contributed by atoms with Gasteiger partial charge in [0.2, 0.25) is 0 Å². The van der Waals surface area contributed by atoms with E-state index in [1.54, 1.807) is 12.4 Å². The first-order valence-electron chi connectivity index (χ1n) is 4.43. The molecule has 0 radical (unpaired) electrons.